The number of nitrogens with one attached hydrogen (secondary N) is 1. The van der Waals surface area contributed by atoms with Gasteiger partial charge in [0.25, 0.3) is 0 Å². The molecule has 0 aromatic heterocycles. The van der Waals surface area contributed by atoms with Crippen molar-refractivity contribution in [3.63, 3.8) is 0 Å². The molecule has 2 rings (SSSR count). The van der Waals surface area contributed by atoms with Gasteiger partial charge in [0.05, 0.1) is 12.2 Å². The Kier molecular flexibility index (Phi) is 2.35. The van der Waals surface area contributed by atoms with E-state index in [1.54, 1.807) is 0 Å². The van der Waals surface area contributed by atoms with Crippen LogP contribution in [0, 0.1) is 0 Å². The normalized spacial score (nSPS) is 43.2. The second-order valence-corrected chi connectivity index (χ2v) is 4.05. The monoisotopic (exact) mass is 170 g/mol. The quantitative estimate of drug-likeness (QED) is 0.547. The van der Waals surface area contributed by atoms with E-state index in [0.29, 0.717) is 6.04 Å². The summed E-state index contributed by atoms with van der Waals surface area (Å²) < 4.78 is 5.84. The molecule has 12 heavy (non-hydrogen) atoms. The minimum Gasteiger partial charge on any atom is -0.372 e. The highest BCUT2D eigenvalue weighted by molar-refractivity contribution is 4.92. The number of nitrogens with two attached hydrogens (primary N) is 1. The van der Waals surface area contributed by atoms with Crippen molar-refractivity contribution in [3.8, 4) is 0 Å². The van der Waals surface area contributed by atoms with E-state index in [1.165, 1.54) is 0 Å². The van der Waals surface area contributed by atoms with Crippen molar-refractivity contribution in [2.75, 3.05) is 19.7 Å². The average molecular weight is 170 g/mol. The fraction of sp³-hybridized carbons (Fsp3) is 1.00. The molecule has 1 aliphatic heterocycles. The van der Waals surface area contributed by atoms with Crippen LogP contribution in [0.15, 0.2) is 0 Å². The predicted octanol–water partition coefficient (Wildman–Crippen LogP) is 0.246. The molecule has 3 nitrogen and oxygen atoms in total. The smallest absolute Gasteiger partial charge is 0.0808 e. The van der Waals surface area contributed by atoms with Crippen molar-refractivity contribution in [1.29, 1.82) is 0 Å². The van der Waals surface area contributed by atoms with Crippen molar-refractivity contribution in [2.24, 2.45) is 5.73 Å². The minimum absolute atomic E-state index is 0.147. The Balaban J connectivity index is 1.92. The first-order valence-corrected chi connectivity index (χ1v) is 4.91. The van der Waals surface area contributed by atoms with E-state index in [4.69, 9.17) is 10.5 Å². The molecule has 1 saturated heterocycles. The summed E-state index contributed by atoms with van der Waals surface area (Å²) in [6, 6.07) is 0.418. The molecule has 1 aliphatic carbocycles. The standard InChI is InChI=1S/C9H18N2O/c10-8-1-3-9(4-2-8)7-11-5-6-12-9/h8,11H,1-7,10H2. The molecule has 1 saturated carbocycles. The molecule has 1 heterocycles. The summed E-state index contributed by atoms with van der Waals surface area (Å²) >= 11 is 0. The first-order chi connectivity index (χ1) is 5.81. The summed E-state index contributed by atoms with van der Waals surface area (Å²) in [5, 5.41) is 3.39. The molecule has 0 unspecified atom stereocenters. The molecular formula is C9H18N2O. The van der Waals surface area contributed by atoms with Gasteiger partial charge in [-0.2, -0.15) is 0 Å². The second-order valence-electron chi connectivity index (χ2n) is 4.05. The Morgan fingerprint density at radius 1 is 1.33 bits per heavy atom. The number of rotatable bonds is 0. The van der Waals surface area contributed by atoms with Crippen LogP contribution in [0.4, 0.5) is 0 Å². The van der Waals surface area contributed by atoms with E-state index in [-0.39, 0.29) is 5.60 Å². The molecular weight excluding hydrogens is 152 g/mol. The molecule has 0 aromatic carbocycles. The van der Waals surface area contributed by atoms with Crippen LogP contribution >= 0.6 is 0 Å². The molecule has 2 fully saturated rings. The second kappa shape index (κ2) is 3.32. The van der Waals surface area contributed by atoms with Crippen LogP contribution < -0.4 is 11.1 Å². The highest BCUT2D eigenvalue weighted by Crippen LogP contribution is 2.31. The zero-order chi connectivity index (χ0) is 8.44. The highest BCUT2D eigenvalue weighted by atomic mass is 16.5. The topological polar surface area (TPSA) is 47.3 Å². The van der Waals surface area contributed by atoms with E-state index in [1.807, 2.05) is 0 Å². The lowest BCUT2D eigenvalue weighted by molar-refractivity contribution is -0.0896. The van der Waals surface area contributed by atoms with Gasteiger partial charge < -0.3 is 15.8 Å². The average Bonchev–Trinajstić information content (AvgIpc) is 2.13. The Labute approximate surface area is 73.7 Å². The first-order valence-electron chi connectivity index (χ1n) is 4.91. The Hall–Kier alpha value is -0.120. The SMILES string of the molecule is NC1CCC2(CC1)CNCCO2. The third-order valence-corrected chi connectivity index (χ3v) is 3.08. The largest absolute Gasteiger partial charge is 0.372 e. The van der Waals surface area contributed by atoms with Crippen molar-refractivity contribution >= 4 is 0 Å². The highest BCUT2D eigenvalue weighted by Gasteiger charge is 2.36. The molecule has 2 aliphatic rings. The van der Waals surface area contributed by atoms with Crippen molar-refractivity contribution in [1.82, 2.24) is 5.32 Å². The van der Waals surface area contributed by atoms with Crippen molar-refractivity contribution in [2.45, 2.75) is 37.3 Å². The van der Waals surface area contributed by atoms with E-state index >= 15 is 0 Å². The maximum Gasteiger partial charge on any atom is 0.0808 e. The van der Waals surface area contributed by atoms with E-state index in [0.717, 1.165) is 45.4 Å². The molecule has 3 N–H and O–H groups in total. The number of hydrogen-bond donors (Lipinski definition) is 2. The lowest BCUT2D eigenvalue weighted by Gasteiger charge is -2.42. The third-order valence-electron chi connectivity index (χ3n) is 3.08. The zero-order valence-corrected chi connectivity index (χ0v) is 7.51. The van der Waals surface area contributed by atoms with Gasteiger partial charge in [-0.15, -0.1) is 0 Å². The molecule has 70 valence electrons. The van der Waals surface area contributed by atoms with Crippen LogP contribution in [0.2, 0.25) is 0 Å². The molecule has 0 bridgehead atoms. The lowest BCUT2D eigenvalue weighted by atomic mass is 9.81. The van der Waals surface area contributed by atoms with Gasteiger partial charge in [0.15, 0.2) is 0 Å². The fourth-order valence-corrected chi connectivity index (χ4v) is 2.19. The summed E-state index contributed by atoms with van der Waals surface area (Å²) in [7, 11) is 0. The van der Waals surface area contributed by atoms with Crippen LogP contribution in [0.3, 0.4) is 0 Å². The van der Waals surface area contributed by atoms with Crippen LogP contribution in [-0.2, 0) is 4.74 Å². The molecule has 3 heteroatoms. The van der Waals surface area contributed by atoms with E-state index in [2.05, 4.69) is 5.32 Å². The maximum atomic E-state index is 5.85. The lowest BCUT2D eigenvalue weighted by Crippen LogP contribution is -2.52. The maximum absolute atomic E-state index is 5.85. The predicted molar refractivity (Wildman–Crippen MR) is 48.0 cm³/mol. The first kappa shape index (κ1) is 8.48. The number of morpholine rings is 1. The van der Waals surface area contributed by atoms with Crippen molar-refractivity contribution < 1.29 is 4.74 Å². The summed E-state index contributed by atoms with van der Waals surface area (Å²) in [6.07, 6.45) is 4.53. The van der Waals surface area contributed by atoms with Gasteiger partial charge in [0, 0.05) is 19.1 Å². The Morgan fingerprint density at radius 3 is 2.67 bits per heavy atom. The van der Waals surface area contributed by atoms with Crippen LogP contribution in [-0.4, -0.2) is 31.3 Å². The summed E-state index contributed by atoms with van der Waals surface area (Å²) in [4.78, 5) is 0. The summed E-state index contributed by atoms with van der Waals surface area (Å²) in [5.41, 5.74) is 6.00. The number of hydrogen-bond acceptors (Lipinski definition) is 3. The van der Waals surface area contributed by atoms with Crippen LogP contribution in [0.1, 0.15) is 25.7 Å². The Morgan fingerprint density at radius 2 is 2.08 bits per heavy atom. The van der Waals surface area contributed by atoms with Gasteiger partial charge in [0.2, 0.25) is 0 Å². The Bertz CT molecular complexity index is 145. The fourth-order valence-electron chi connectivity index (χ4n) is 2.19. The zero-order valence-electron chi connectivity index (χ0n) is 7.51. The summed E-state index contributed by atoms with van der Waals surface area (Å²) in [6.45, 7) is 2.91. The van der Waals surface area contributed by atoms with E-state index in [9.17, 15) is 0 Å². The van der Waals surface area contributed by atoms with Gasteiger partial charge in [-0.25, -0.2) is 0 Å². The molecule has 0 radical (unpaired) electrons. The third kappa shape index (κ3) is 1.63. The van der Waals surface area contributed by atoms with Gasteiger partial charge in [-0.1, -0.05) is 0 Å². The van der Waals surface area contributed by atoms with Crippen LogP contribution in [0.5, 0.6) is 0 Å². The molecule has 0 amide bonds. The van der Waals surface area contributed by atoms with Gasteiger partial charge >= 0.3 is 0 Å². The van der Waals surface area contributed by atoms with Gasteiger partial charge in [0.1, 0.15) is 0 Å². The molecule has 0 aromatic rings. The minimum atomic E-state index is 0.147. The summed E-state index contributed by atoms with van der Waals surface area (Å²) in [5.74, 6) is 0. The molecule has 0 atom stereocenters. The van der Waals surface area contributed by atoms with Crippen LogP contribution in [0.25, 0.3) is 0 Å². The van der Waals surface area contributed by atoms with Gasteiger partial charge in [-0.3, -0.25) is 0 Å². The molecule has 1 spiro atoms. The van der Waals surface area contributed by atoms with Crippen molar-refractivity contribution in [3.05, 3.63) is 0 Å². The van der Waals surface area contributed by atoms with Gasteiger partial charge in [-0.05, 0) is 25.7 Å². The van der Waals surface area contributed by atoms with E-state index < -0.39 is 0 Å². The number of ether oxygens (including phenoxy) is 1.